The first-order valence-electron chi connectivity index (χ1n) is 8.21. The van der Waals surface area contributed by atoms with Gasteiger partial charge in [-0.15, -0.1) is 0 Å². The van der Waals surface area contributed by atoms with E-state index in [0.29, 0.717) is 18.1 Å². The highest BCUT2D eigenvalue weighted by molar-refractivity contribution is 5.29. The second-order valence-corrected chi connectivity index (χ2v) is 6.23. The lowest BCUT2D eigenvalue weighted by Gasteiger charge is -2.21. The fraction of sp³-hybridized carbons (Fsp3) is 0.667. The molecule has 0 aliphatic carbocycles. The highest BCUT2D eigenvalue weighted by Gasteiger charge is 2.26. The zero-order chi connectivity index (χ0) is 15.2. The second-order valence-electron chi connectivity index (χ2n) is 6.23. The Labute approximate surface area is 129 Å². The Morgan fingerprint density at radius 3 is 2.57 bits per heavy atom. The molecule has 1 aliphatic rings. The fourth-order valence-corrected chi connectivity index (χ4v) is 2.93. The van der Waals surface area contributed by atoms with Gasteiger partial charge in [0.1, 0.15) is 5.75 Å². The molecule has 118 valence electrons. The van der Waals surface area contributed by atoms with Crippen molar-refractivity contribution in [2.24, 2.45) is 5.92 Å². The standard InChI is InChI=1S/C18H29NO2/c1-5-18-16(10-11-20-18)12-19-14(4)15-6-8-17(9-7-15)21-13(2)3/h6-9,13-14,16,18-19H,5,10-12H2,1-4H3. The van der Waals surface area contributed by atoms with Gasteiger partial charge in [0.25, 0.3) is 0 Å². The van der Waals surface area contributed by atoms with Crippen LogP contribution in [0.4, 0.5) is 0 Å². The van der Waals surface area contributed by atoms with Gasteiger partial charge in [-0.1, -0.05) is 19.1 Å². The van der Waals surface area contributed by atoms with Crippen LogP contribution in [0.2, 0.25) is 0 Å². The van der Waals surface area contributed by atoms with Gasteiger partial charge in [-0.3, -0.25) is 0 Å². The largest absolute Gasteiger partial charge is 0.491 e. The molecular weight excluding hydrogens is 262 g/mol. The third-order valence-electron chi connectivity index (χ3n) is 4.19. The van der Waals surface area contributed by atoms with Crippen LogP contribution < -0.4 is 10.1 Å². The first-order chi connectivity index (χ1) is 10.1. The Morgan fingerprint density at radius 2 is 1.95 bits per heavy atom. The summed E-state index contributed by atoms with van der Waals surface area (Å²) in [6.07, 6.45) is 2.95. The molecule has 3 atom stereocenters. The van der Waals surface area contributed by atoms with Crippen molar-refractivity contribution in [3.05, 3.63) is 29.8 Å². The molecule has 0 radical (unpaired) electrons. The highest BCUT2D eigenvalue weighted by Crippen LogP contribution is 2.24. The molecule has 1 fully saturated rings. The van der Waals surface area contributed by atoms with E-state index in [9.17, 15) is 0 Å². The van der Waals surface area contributed by atoms with Gasteiger partial charge in [0.05, 0.1) is 12.2 Å². The van der Waals surface area contributed by atoms with E-state index in [-0.39, 0.29) is 6.10 Å². The topological polar surface area (TPSA) is 30.5 Å². The third-order valence-corrected chi connectivity index (χ3v) is 4.19. The predicted octanol–water partition coefficient (Wildman–Crippen LogP) is 3.94. The van der Waals surface area contributed by atoms with Crippen molar-refractivity contribution >= 4 is 0 Å². The van der Waals surface area contributed by atoms with Gasteiger partial charge in [-0.05, 0) is 57.2 Å². The monoisotopic (exact) mass is 291 g/mol. The van der Waals surface area contributed by atoms with Crippen molar-refractivity contribution in [3.63, 3.8) is 0 Å². The van der Waals surface area contributed by atoms with Gasteiger partial charge >= 0.3 is 0 Å². The van der Waals surface area contributed by atoms with Crippen LogP contribution in [0.15, 0.2) is 24.3 Å². The van der Waals surface area contributed by atoms with Gasteiger partial charge in [0.2, 0.25) is 0 Å². The van der Waals surface area contributed by atoms with Crippen molar-refractivity contribution in [2.45, 2.75) is 58.8 Å². The van der Waals surface area contributed by atoms with E-state index < -0.39 is 0 Å². The van der Waals surface area contributed by atoms with Crippen LogP contribution >= 0.6 is 0 Å². The van der Waals surface area contributed by atoms with Crippen LogP contribution in [0, 0.1) is 5.92 Å². The van der Waals surface area contributed by atoms with Crippen LogP contribution in [0.3, 0.4) is 0 Å². The second kappa shape index (κ2) is 7.81. The quantitative estimate of drug-likeness (QED) is 0.825. The molecule has 21 heavy (non-hydrogen) atoms. The van der Waals surface area contributed by atoms with E-state index in [1.54, 1.807) is 0 Å². The molecule has 0 aromatic heterocycles. The molecule has 1 heterocycles. The van der Waals surface area contributed by atoms with Crippen molar-refractivity contribution < 1.29 is 9.47 Å². The molecule has 2 rings (SSSR count). The summed E-state index contributed by atoms with van der Waals surface area (Å²) in [7, 11) is 0. The average Bonchev–Trinajstić information content (AvgIpc) is 2.92. The number of hydrogen-bond acceptors (Lipinski definition) is 3. The van der Waals surface area contributed by atoms with Gasteiger partial charge in [0.15, 0.2) is 0 Å². The van der Waals surface area contributed by atoms with Crippen molar-refractivity contribution in [2.75, 3.05) is 13.2 Å². The number of nitrogens with one attached hydrogen (secondary N) is 1. The molecule has 3 heteroatoms. The molecule has 1 saturated heterocycles. The first kappa shape index (κ1) is 16.3. The van der Waals surface area contributed by atoms with E-state index in [2.05, 4.69) is 43.4 Å². The first-order valence-corrected chi connectivity index (χ1v) is 8.21. The fourth-order valence-electron chi connectivity index (χ4n) is 2.93. The maximum Gasteiger partial charge on any atom is 0.119 e. The number of hydrogen-bond donors (Lipinski definition) is 1. The molecular formula is C18H29NO2. The zero-order valence-corrected chi connectivity index (χ0v) is 13.8. The Bertz CT molecular complexity index is 416. The predicted molar refractivity (Wildman–Crippen MR) is 86.8 cm³/mol. The van der Waals surface area contributed by atoms with Crippen LogP contribution in [0.1, 0.15) is 52.1 Å². The Kier molecular flexibility index (Phi) is 6.07. The summed E-state index contributed by atoms with van der Waals surface area (Å²) in [4.78, 5) is 0. The Morgan fingerprint density at radius 1 is 1.24 bits per heavy atom. The van der Waals surface area contributed by atoms with Crippen molar-refractivity contribution in [1.29, 1.82) is 0 Å². The smallest absolute Gasteiger partial charge is 0.119 e. The van der Waals surface area contributed by atoms with E-state index >= 15 is 0 Å². The molecule has 0 spiro atoms. The van der Waals surface area contributed by atoms with E-state index in [1.165, 1.54) is 12.0 Å². The summed E-state index contributed by atoms with van der Waals surface area (Å²) < 4.78 is 11.4. The SMILES string of the molecule is CCC1OCCC1CNC(C)c1ccc(OC(C)C)cc1. The Hall–Kier alpha value is -1.06. The summed E-state index contributed by atoms with van der Waals surface area (Å²) in [5.74, 6) is 1.59. The molecule has 1 aliphatic heterocycles. The normalized spacial score (nSPS) is 23.5. The maximum absolute atomic E-state index is 5.75. The summed E-state index contributed by atoms with van der Waals surface area (Å²) >= 11 is 0. The van der Waals surface area contributed by atoms with Crippen LogP contribution in [-0.2, 0) is 4.74 Å². The molecule has 0 saturated carbocycles. The summed E-state index contributed by atoms with van der Waals surface area (Å²) in [6.45, 7) is 10.5. The van der Waals surface area contributed by atoms with E-state index in [1.807, 2.05) is 13.8 Å². The Balaban J connectivity index is 1.84. The minimum atomic E-state index is 0.222. The molecule has 1 aromatic carbocycles. The van der Waals surface area contributed by atoms with Crippen molar-refractivity contribution in [1.82, 2.24) is 5.32 Å². The minimum Gasteiger partial charge on any atom is -0.491 e. The lowest BCUT2D eigenvalue weighted by Crippen LogP contribution is -2.30. The van der Waals surface area contributed by atoms with Crippen molar-refractivity contribution in [3.8, 4) is 5.75 Å². The maximum atomic E-state index is 5.75. The summed E-state index contributed by atoms with van der Waals surface area (Å²) in [5, 5.41) is 3.64. The van der Waals surface area contributed by atoms with Crippen LogP contribution in [0.5, 0.6) is 5.75 Å². The van der Waals surface area contributed by atoms with E-state index in [4.69, 9.17) is 9.47 Å². The third kappa shape index (κ3) is 4.72. The van der Waals surface area contributed by atoms with Gasteiger partial charge in [0, 0.05) is 19.2 Å². The molecule has 0 amide bonds. The lowest BCUT2D eigenvalue weighted by molar-refractivity contribution is 0.0867. The van der Waals surface area contributed by atoms with Gasteiger partial charge in [-0.2, -0.15) is 0 Å². The average molecular weight is 291 g/mol. The molecule has 1 N–H and O–H groups in total. The summed E-state index contributed by atoms with van der Waals surface area (Å²) in [5.41, 5.74) is 1.30. The highest BCUT2D eigenvalue weighted by atomic mass is 16.5. The number of benzene rings is 1. The molecule has 3 nitrogen and oxygen atoms in total. The van der Waals surface area contributed by atoms with Crippen LogP contribution in [0.25, 0.3) is 0 Å². The molecule has 3 unspecified atom stereocenters. The lowest BCUT2D eigenvalue weighted by atomic mass is 9.98. The van der Waals surface area contributed by atoms with Gasteiger partial charge < -0.3 is 14.8 Å². The van der Waals surface area contributed by atoms with Gasteiger partial charge in [-0.25, -0.2) is 0 Å². The number of ether oxygens (including phenoxy) is 2. The molecule has 0 bridgehead atoms. The minimum absolute atomic E-state index is 0.222. The zero-order valence-electron chi connectivity index (χ0n) is 13.8. The molecule has 1 aromatic rings. The number of rotatable bonds is 7. The van der Waals surface area contributed by atoms with Crippen LogP contribution in [-0.4, -0.2) is 25.4 Å². The summed E-state index contributed by atoms with van der Waals surface area (Å²) in [6, 6.07) is 8.77. The van der Waals surface area contributed by atoms with E-state index in [0.717, 1.165) is 25.3 Å².